The minimum atomic E-state index is -0.896. The van der Waals surface area contributed by atoms with Gasteiger partial charge in [-0.3, -0.25) is 14.9 Å². The van der Waals surface area contributed by atoms with Crippen molar-refractivity contribution in [1.82, 2.24) is 0 Å². The van der Waals surface area contributed by atoms with Crippen LogP contribution in [0.4, 0.5) is 11.4 Å². The van der Waals surface area contributed by atoms with E-state index in [1.165, 1.54) is 19.2 Å². The molecule has 0 spiro atoms. The predicted octanol–water partition coefficient (Wildman–Crippen LogP) is 2.05. The predicted molar refractivity (Wildman–Crippen MR) is 72.3 cm³/mol. The molecular weight excluding hydrogens is 264 g/mol. The number of hydrogen-bond acceptors (Lipinski definition) is 5. The second-order valence-corrected chi connectivity index (χ2v) is 4.70. The van der Waals surface area contributed by atoms with Gasteiger partial charge in [0.15, 0.2) is 0 Å². The number of carboxylic acid groups (broad SMARTS) is 1. The largest absolute Gasteiger partial charge is 0.497 e. The van der Waals surface area contributed by atoms with Gasteiger partial charge in [-0.15, -0.1) is 0 Å². The zero-order valence-corrected chi connectivity index (χ0v) is 11.1. The summed E-state index contributed by atoms with van der Waals surface area (Å²) in [5.41, 5.74) is 0.404. The van der Waals surface area contributed by atoms with Crippen LogP contribution in [0.3, 0.4) is 0 Å². The Kier molecular flexibility index (Phi) is 4.07. The first kappa shape index (κ1) is 14.1. The number of aliphatic carboxylic acids is 1. The number of anilines is 1. The lowest BCUT2D eigenvalue weighted by molar-refractivity contribution is -0.384. The zero-order chi connectivity index (χ0) is 14.7. The number of nitro benzene ring substituents is 1. The molecule has 1 heterocycles. The zero-order valence-electron chi connectivity index (χ0n) is 11.1. The highest BCUT2D eigenvalue weighted by molar-refractivity contribution is 5.71. The van der Waals surface area contributed by atoms with E-state index < -0.39 is 10.9 Å². The van der Waals surface area contributed by atoms with Gasteiger partial charge in [-0.05, 0) is 18.9 Å². The quantitative estimate of drug-likeness (QED) is 0.655. The number of ether oxygens (including phenoxy) is 1. The Hall–Kier alpha value is -2.31. The van der Waals surface area contributed by atoms with Crippen LogP contribution in [-0.2, 0) is 4.79 Å². The van der Waals surface area contributed by atoms with Crippen molar-refractivity contribution in [3.63, 3.8) is 0 Å². The number of nitrogens with zero attached hydrogens (tertiary/aromatic N) is 2. The summed E-state index contributed by atoms with van der Waals surface area (Å²) in [5, 5.41) is 20.1. The lowest BCUT2D eigenvalue weighted by atomic mass is 10.1. The van der Waals surface area contributed by atoms with E-state index in [2.05, 4.69) is 0 Å². The van der Waals surface area contributed by atoms with E-state index in [0.717, 1.165) is 12.8 Å². The molecule has 1 N–H and O–H groups in total. The molecule has 0 radical (unpaired) electrons. The maximum absolute atomic E-state index is 11.1. The van der Waals surface area contributed by atoms with E-state index in [1.54, 1.807) is 11.0 Å². The summed E-state index contributed by atoms with van der Waals surface area (Å²) in [6.45, 7) is 0.617. The molecule has 108 valence electrons. The second kappa shape index (κ2) is 5.77. The number of carbonyl (C=O) groups is 1. The molecule has 0 amide bonds. The molecule has 1 atom stereocenters. The van der Waals surface area contributed by atoms with Gasteiger partial charge in [-0.1, -0.05) is 0 Å². The number of methoxy groups -OCH3 is 1. The van der Waals surface area contributed by atoms with Gasteiger partial charge in [0.25, 0.3) is 5.69 Å². The van der Waals surface area contributed by atoms with Crippen molar-refractivity contribution in [2.45, 2.75) is 25.3 Å². The Morgan fingerprint density at radius 3 is 2.95 bits per heavy atom. The van der Waals surface area contributed by atoms with Gasteiger partial charge in [-0.2, -0.15) is 0 Å². The molecule has 1 aliphatic rings. The highest BCUT2D eigenvalue weighted by Crippen LogP contribution is 2.37. The first-order chi connectivity index (χ1) is 9.52. The molecule has 7 nitrogen and oxygen atoms in total. The standard InChI is InChI=1S/C13H16N2O5/c1-20-10-4-5-11(15(18)19)12(8-10)14-6-2-3-9(14)7-13(16)17/h4-5,8-9H,2-3,6-7H2,1H3,(H,16,17). The number of nitro groups is 1. The molecule has 2 rings (SSSR count). The van der Waals surface area contributed by atoms with Crippen molar-refractivity contribution >= 4 is 17.3 Å². The van der Waals surface area contributed by atoms with E-state index in [4.69, 9.17) is 9.84 Å². The summed E-state index contributed by atoms with van der Waals surface area (Å²) < 4.78 is 5.10. The summed E-state index contributed by atoms with van der Waals surface area (Å²) in [6, 6.07) is 4.31. The van der Waals surface area contributed by atoms with Crippen molar-refractivity contribution in [2.75, 3.05) is 18.6 Å². The molecule has 1 saturated heterocycles. The number of rotatable bonds is 5. The van der Waals surface area contributed by atoms with Crippen molar-refractivity contribution in [3.05, 3.63) is 28.3 Å². The van der Waals surface area contributed by atoms with Gasteiger partial charge in [-0.25, -0.2) is 0 Å². The lowest BCUT2D eigenvalue weighted by Crippen LogP contribution is -2.31. The van der Waals surface area contributed by atoms with Crippen molar-refractivity contribution in [2.24, 2.45) is 0 Å². The molecule has 1 fully saturated rings. The molecular formula is C13H16N2O5. The van der Waals surface area contributed by atoms with Crippen LogP contribution in [0.1, 0.15) is 19.3 Å². The van der Waals surface area contributed by atoms with Crippen LogP contribution in [-0.4, -0.2) is 35.7 Å². The molecule has 1 aromatic carbocycles. The fourth-order valence-corrected chi connectivity index (χ4v) is 2.58. The topological polar surface area (TPSA) is 92.9 Å². The highest BCUT2D eigenvalue weighted by Gasteiger charge is 2.31. The molecule has 0 saturated carbocycles. The van der Waals surface area contributed by atoms with E-state index in [-0.39, 0.29) is 18.2 Å². The Morgan fingerprint density at radius 1 is 1.60 bits per heavy atom. The SMILES string of the molecule is COc1ccc([N+](=O)[O-])c(N2CCCC2CC(=O)O)c1. The molecule has 1 unspecified atom stereocenters. The van der Waals surface area contributed by atoms with Crippen LogP contribution in [0.5, 0.6) is 5.75 Å². The van der Waals surface area contributed by atoms with Gasteiger partial charge in [0.1, 0.15) is 11.4 Å². The van der Waals surface area contributed by atoms with Crippen LogP contribution in [0.2, 0.25) is 0 Å². The number of benzene rings is 1. The molecule has 0 bridgehead atoms. The summed E-state index contributed by atoms with van der Waals surface area (Å²) in [5.74, 6) is -0.376. The summed E-state index contributed by atoms with van der Waals surface area (Å²) in [7, 11) is 1.49. The van der Waals surface area contributed by atoms with Crippen LogP contribution >= 0.6 is 0 Å². The molecule has 0 aromatic heterocycles. The molecule has 1 aliphatic heterocycles. The maximum atomic E-state index is 11.1. The third-order valence-corrected chi connectivity index (χ3v) is 3.48. The molecule has 20 heavy (non-hydrogen) atoms. The third-order valence-electron chi connectivity index (χ3n) is 3.48. The van der Waals surface area contributed by atoms with Gasteiger partial charge in [0.05, 0.1) is 18.5 Å². The fraction of sp³-hybridized carbons (Fsp3) is 0.462. The molecule has 0 aliphatic carbocycles. The summed E-state index contributed by atoms with van der Waals surface area (Å²) in [4.78, 5) is 23.4. The lowest BCUT2D eigenvalue weighted by Gasteiger charge is -2.25. The second-order valence-electron chi connectivity index (χ2n) is 4.70. The average molecular weight is 280 g/mol. The van der Waals surface area contributed by atoms with E-state index in [9.17, 15) is 14.9 Å². The van der Waals surface area contributed by atoms with Crippen molar-refractivity contribution in [3.8, 4) is 5.75 Å². The van der Waals surface area contributed by atoms with Gasteiger partial charge < -0.3 is 14.7 Å². The third kappa shape index (κ3) is 2.81. The van der Waals surface area contributed by atoms with Gasteiger partial charge in [0.2, 0.25) is 0 Å². The summed E-state index contributed by atoms with van der Waals surface area (Å²) in [6.07, 6.45) is 1.53. The highest BCUT2D eigenvalue weighted by atomic mass is 16.6. The minimum absolute atomic E-state index is 0.0195. The Balaban J connectivity index is 2.38. The number of carboxylic acids is 1. The fourth-order valence-electron chi connectivity index (χ4n) is 2.58. The molecule has 1 aromatic rings. The summed E-state index contributed by atoms with van der Waals surface area (Å²) >= 11 is 0. The first-order valence-electron chi connectivity index (χ1n) is 6.33. The Bertz CT molecular complexity index is 531. The Morgan fingerprint density at radius 2 is 2.35 bits per heavy atom. The normalized spacial score (nSPS) is 18.1. The average Bonchev–Trinajstić information content (AvgIpc) is 2.85. The van der Waals surface area contributed by atoms with Gasteiger partial charge >= 0.3 is 5.97 Å². The first-order valence-corrected chi connectivity index (χ1v) is 6.33. The van der Waals surface area contributed by atoms with Crippen LogP contribution in [0.25, 0.3) is 0 Å². The van der Waals surface area contributed by atoms with Crippen LogP contribution in [0.15, 0.2) is 18.2 Å². The van der Waals surface area contributed by atoms with Crippen LogP contribution < -0.4 is 9.64 Å². The van der Waals surface area contributed by atoms with Crippen molar-refractivity contribution in [1.29, 1.82) is 0 Å². The van der Waals surface area contributed by atoms with Gasteiger partial charge in [0, 0.05) is 24.7 Å². The van der Waals surface area contributed by atoms with Crippen LogP contribution in [0, 0.1) is 10.1 Å². The monoisotopic (exact) mass is 280 g/mol. The van der Waals surface area contributed by atoms with E-state index in [1.807, 2.05) is 0 Å². The minimum Gasteiger partial charge on any atom is -0.497 e. The van der Waals surface area contributed by atoms with E-state index in [0.29, 0.717) is 18.0 Å². The molecule has 7 heteroatoms. The maximum Gasteiger partial charge on any atom is 0.305 e. The Labute approximate surface area is 115 Å². The van der Waals surface area contributed by atoms with E-state index >= 15 is 0 Å². The van der Waals surface area contributed by atoms with Crippen molar-refractivity contribution < 1.29 is 19.6 Å². The number of hydrogen-bond donors (Lipinski definition) is 1. The smallest absolute Gasteiger partial charge is 0.305 e.